The van der Waals surface area contributed by atoms with Crippen molar-refractivity contribution in [2.75, 3.05) is 6.61 Å². The molecule has 3 nitrogen and oxygen atoms in total. The van der Waals surface area contributed by atoms with Crippen molar-refractivity contribution in [2.24, 2.45) is 5.92 Å². The normalized spacial score (nSPS) is 23.8. The predicted octanol–water partition coefficient (Wildman–Crippen LogP) is 3.31. The van der Waals surface area contributed by atoms with Gasteiger partial charge in [-0.15, -0.1) is 0 Å². The molecule has 0 aromatic heterocycles. The highest BCUT2D eigenvalue weighted by Crippen LogP contribution is 2.50. The lowest BCUT2D eigenvalue weighted by Crippen LogP contribution is -2.25. The number of Topliss-reactive ketones (excluding diaryl/α,β-unsaturated/α-hetero) is 1. The number of carbonyl (C=O) groups is 2. The van der Waals surface area contributed by atoms with Gasteiger partial charge in [0, 0.05) is 12.0 Å². The van der Waals surface area contributed by atoms with Gasteiger partial charge in [-0.05, 0) is 17.7 Å². The molecule has 0 unspecified atom stereocenters. The van der Waals surface area contributed by atoms with Crippen LogP contribution < -0.4 is 0 Å². The Labute approximate surface area is 121 Å². The Morgan fingerprint density at radius 2 is 1.95 bits per heavy atom. The lowest BCUT2D eigenvalue weighted by molar-refractivity contribution is -0.151. The van der Waals surface area contributed by atoms with Gasteiger partial charge in [-0.25, -0.2) is 9.18 Å². The third kappa shape index (κ3) is 2.20. The van der Waals surface area contributed by atoms with Crippen LogP contribution in [0.25, 0.3) is 10.8 Å². The second-order valence-corrected chi connectivity index (χ2v) is 5.23. The molecule has 2 aromatic carbocycles. The van der Waals surface area contributed by atoms with E-state index in [4.69, 9.17) is 4.74 Å². The van der Waals surface area contributed by atoms with Crippen molar-refractivity contribution in [2.45, 2.75) is 19.0 Å². The van der Waals surface area contributed by atoms with Crippen molar-refractivity contribution in [1.82, 2.24) is 0 Å². The van der Waals surface area contributed by atoms with Crippen molar-refractivity contribution in [3.05, 3.63) is 48.0 Å². The average molecular weight is 286 g/mol. The molecule has 1 fully saturated rings. The van der Waals surface area contributed by atoms with Gasteiger partial charge >= 0.3 is 5.97 Å². The summed E-state index contributed by atoms with van der Waals surface area (Å²) in [4.78, 5) is 24.1. The number of hydrogen-bond acceptors (Lipinski definition) is 3. The van der Waals surface area contributed by atoms with Crippen LogP contribution in [0, 0.1) is 5.92 Å². The minimum atomic E-state index is -2.15. The fourth-order valence-electron chi connectivity index (χ4n) is 2.64. The van der Waals surface area contributed by atoms with E-state index < -0.39 is 17.6 Å². The molecule has 1 aliphatic carbocycles. The standard InChI is InChI=1S/C17H15FO3/c1-2-21-16(20)17(18)10-14(17)15(19)13-9-5-7-11-6-3-4-8-12(11)13/h3-9,14H,2,10H2,1H3/t14-,17-/m0/s1. The molecule has 2 aromatic rings. The number of rotatable bonds is 4. The van der Waals surface area contributed by atoms with Crippen LogP contribution in [0.2, 0.25) is 0 Å². The van der Waals surface area contributed by atoms with E-state index in [1.54, 1.807) is 19.1 Å². The fraction of sp³-hybridized carbons (Fsp3) is 0.294. The maximum Gasteiger partial charge on any atom is 0.344 e. The van der Waals surface area contributed by atoms with Crippen molar-refractivity contribution < 1.29 is 18.7 Å². The van der Waals surface area contributed by atoms with Crippen molar-refractivity contribution in [1.29, 1.82) is 0 Å². The van der Waals surface area contributed by atoms with Crippen LogP contribution in [-0.2, 0) is 9.53 Å². The minimum absolute atomic E-state index is 0.0894. The third-order valence-electron chi connectivity index (χ3n) is 3.88. The van der Waals surface area contributed by atoms with Crippen molar-refractivity contribution >= 4 is 22.5 Å². The Kier molecular flexibility index (Phi) is 3.24. The molecule has 0 bridgehead atoms. The third-order valence-corrected chi connectivity index (χ3v) is 3.88. The van der Waals surface area contributed by atoms with E-state index in [2.05, 4.69) is 0 Å². The number of ether oxygens (including phenoxy) is 1. The van der Waals surface area contributed by atoms with Gasteiger partial charge in [0.2, 0.25) is 5.67 Å². The van der Waals surface area contributed by atoms with Gasteiger partial charge < -0.3 is 4.74 Å². The number of fused-ring (bicyclic) bond motifs is 1. The lowest BCUT2D eigenvalue weighted by atomic mass is 9.98. The summed E-state index contributed by atoms with van der Waals surface area (Å²) in [6.07, 6.45) is -0.0894. The fourth-order valence-corrected chi connectivity index (χ4v) is 2.64. The molecule has 3 rings (SSSR count). The molecule has 0 amide bonds. The molecule has 0 aliphatic heterocycles. The Bertz CT molecular complexity index is 720. The molecule has 2 atom stereocenters. The largest absolute Gasteiger partial charge is 0.464 e. The first-order chi connectivity index (χ1) is 10.1. The number of benzene rings is 2. The summed E-state index contributed by atoms with van der Waals surface area (Å²) < 4.78 is 19.1. The van der Waals surface area contributed by atoms with E-state index in [1.807, 2.05) is 30.3 Å². The van der Waals surface area contributed by atoms with Gasteiger partial charge in [-0.1, -0.05) is 42.5 Å². The maximum absolute atomic E-state index is 14.4. The summed E-state index contributed by atoms with van der Waals surface area (Å²) >= 11 is 0. The van der Waals surface area contributed by atoms with Crippen LogP contribution in [-0.4, -0.2) is 24.0 Å². The molecule has 1 saturated carbocycles. The highest BCUT2D eigenvalue weighted by Gasteiger charge is 2.66. The Hall–Kier alpha value is -2.23. The zero-order valence-electron chi connectivity index (χ0n) is 11.6. The van der Waals surface area contributed by atoms with Crippen LogP contribution >= 0.6 is 0 Å². The SMILES string of the molecule is CCOC(=O)[C@]1(F)C[C@H]1C(=O)c1cccc2ccccc12. The molecule has 0 N–H and O–H groups in total. The van der Waals surface area contributed by atoms with E-state index in [0.29, 0.717) is 5.56 Å². The summed E-state index contributed by atoms with van der Waals surface area (Å²) in [7, 11) is 0. The van der Waals surface area contributed by atoms with E-state index in [-0.39, 0.29) is 18.8 Å². The quantitative estimate of drug-likeness (QED) is 0.639. The van der Waals surface area contributed by atoms with Gasteiger partial charge in [0.25, 0.3) is 0 Å². The van der Waals surface area contributed by atoms with E-state index in [0.717, 1.165) is 10.8 Å². The topological polar surface area (TPSA) is 43.4 Å². The van der Waals surface area contributed by atoms with Gasteiger partial charge in [-0.3, -0.25) is 4.79 Å². The van der Waals surface area contributed by atoms with Gasteiger partial charge in [0.1, 0.15) is 0 Å². The zero-order valence-corrected chi connectivity index (χ0v) is 11.6. The van der Waals surface area contributed by atoms with Crippen LogP contribution in [0.5, 0.6) is 0 Å². The summed E-state index contributed by atoms with van der Waals surface area (Å²) in [5.41, 5.74) is -1.69. The van der Waals surface area contributed by atoms with Gasteiger partial charge in [0.05, 0.1) is 12.5 Å². The first kappa shape index (κ1) is 13.7. The molecule has 0 radical (unpaired) electrons. The number of carbonyl (C=O) groups excluding carboxylic acids is 2. The second-order valence-electron chi connectivity index (χ2n) is 5.23. The van der Waals surface area contributed by atoms with Crippen molar-refractivity contribution in [3.8, 4) is 0 Å². The first-order valence-electron chi connectivity index (χ1n) is 6.96. The number of hydrogen-bond donors (Lipinski definition) is 0. The summed E-state index contributed by atoms with van der Waals surface area (Å²) in [5, 5.41) is 1.70. The Morgan fingerprint density at radius 1 is 1.24 bits per heavy atom. The molecule has 0 heterocycles. The van der Waals surface area contributed by atoms with E-state index in [1.165, 1.54) is 0 Å². The molecule has 21 heavy (non-hydrogen) atoms. The summed E-state index contributed by atoms with van der Waals surface area (Å²) in [5.74, 6) is -2.19. The van der Waals surface area contributed by atoms with Gasteiger partial charge in [-0.2, -0.15) is 0 Å². The molecular weight excluding hydrogens is 271 g/mol. The smallest absolute Gasteiger partial charge is 0.344 e. The first-order valence-corrected chi connectivity index (χ1v) is 6.96. The van der Waals surface area contributed by atoms with Crippen LogP contribution in [0.3, 0.4) is 0 Å². The summed E-state index contributed by atoms with van der Waals surface area (Å²) in [6.45, 7) is 1.73. The summed E-state index contributed by atoms with van der Waals surface area (Å²) in [6, 6.07) is 12.8. The molecule has 1 aliphatic rings. The van der Waals surface area contributed by atoms with Crippen LogP contribution in [0.1, 0.15) is 23.7 Å². The van der Waals surface area contributed by atoms with E-state index in [9.17, 15) is 14.0 Å². The highest BCUT2D eigenvalue weighted by atomic mass is 19.1. The van der Waals surface area contributed by atoms with Crippen molar-refractivity contribution in [3.63, 3.8) is 0 Å². The maximum atomic E-state index is 14.4. The van der Waals surface area contributed by atoms with Gasteiger partial charge in [0.15, 0.2) is 5.78 Å². The molecule has 0 saturated heterocycles. The Balaban J connectivity index is 1.91. The van der Waals surface area contributed by atoms with E-state index >= 15 is 0 Å². The van der Waals surface area contributed by atoms with Crippen LogP contribution in [0.15, 0.2) is 42.5 Å². The number of ketones is 1. The number of esters is 1. The molecular formula is C17H15FO3. The minimum Gasteiger partial charge on any atom is -0.464 e. The van der Waals surface area contributed by atoms with Crippen LogP contribution in [0.4, 0.5) is 4.39 Å². The monoisotopic (exact) mass is 286 g/mol. The number of halogens is 1. The predicted molar refractivity (Wildman–Crippen MR) is 76.9 cm³/mol. The average Bonchev–Trinajstić information content (AvgIpc) is 3.20. The Morgan fingerprint density at radius 3 is 2.71 bits per heavy atom. The molecule has 4 heteroatoms. The lowest BCUT2D eigenvalue weighted by Gasteiger charge is -2.08. The highest BCUT2D eigenvalue weighted by molar-refractivity contribution is 6.13. The second kappa shape index (κ2) is 4.95. The zero-order chi connectivity index (χ0) is 15.0. The molecule has 0 spiro atoms. The molecule has 108 valence electrons. The number of alkyl halides is 1.